The number of halogens is 1. The molecule has 114 valence electrons. The van der Waals surface area contributed by atoms with Crippen molar-refractivity contribution in [3.63, 3.8) is 0 Å². The number of benzene rings is 1. The van der Waals surface area contributed by atoms with Crippen LogP contribution >= 0.6 is 11.6 Å². The highest BCUT2D eigenvalue weighted by atomic mass is 35.5. The summed E-state index contributed by atoms with van der Waals surface area (Å²) < 4.78 is 1.94. The molecule has 0 aliphatic rings. The largest absolute Gasteiger partial charge is 0.310 e. The Morgan fingerprint density at radius 2 is 2.14 bits per heavy atom. The zero-order valence-corrected chi connectivity index (χ0v) is 13.8. The zero-order chi connectivity index (χ0) is 15.2. The first-order chi connectivity index (χ1) is 10.1. The first kappa shape index (κ1) is 16.1. The number of aryl methyl sites for hydroxylation is 3. The minimum absolute atomic E-state index is 0.331. The van der Waals surface area contributed by atoms with Gasteiger partial charge in [0.15, 0.2) is 0 Å². The molecule has 0 saturated carbocycles. The van der Waals surface area contributed by atoms with E-state index >= 15 is 0 Å². The van der Waals surface area contributed by atoms with Crippen LogP contribution in [-0.2, 0) is 13.5 Å². The van der Waals surface area contributed by atoms with Crippen LogP contribution < -0.4 is 5.32 Å². The summed E-state index contributed by atoms with van der Waals surface area (Å²) in [5.41, 5.74) is 3.65. The Morgan fingerprint density at radius 1 is 1.33 bits per heavy atom. The van der Waals surface area contributed by atoms with Crippen LogP contribution in [0.5, 0.6) is 0 Å². The average molecular weight is 306 g/mol. The van der Waals surface area contributed by atoms with Gasteiger partial charge in [0.05, 0.1) is 0 Å². The lowest BCUT2D eigenvalue weighted by Gasteiger charge is -2.20. The Kier molecular flexibility index (Phi) is 5.83. The van der Waals surface area contributed by atoms with Crippen molar-refractivity contribution in [2.24, 2.45) is 7.05 Å². The molecule has 1 atom stereocenters. The van der Waals surface area contributed by atoms with E-state index in [1.807, 2.05) is 24.9 Å². The molecule has 0 saturated heterocycles. The molecule has 0 aliphatic heterocycles. The van der Waals surface area contributed by atoms with E-state index in [9.17, 15) is 0 Å². The van der Waals surface area contributed by atoms with Gasteiger partial charge in [-0.3, -0.25) is 4.68 Å². The quantitative estimate of drug-likeness (QED) is 0.836. The Hall–Kier alpha value is -1.32. The number of aromatic nitrogens is 2. The molecular formula is C17H24ClN3. The molecule has 2 rings (SSSR count). The number of rotatable bonds is 7. The highest BCUT2D eigenvalue weighted by Gasteiger charge is 2.13. The van der Waals surface area contributed by atoms with Crippen LogP contribution in [0.25, 0.3) is 0 Å². The van der Waals surface area contributed by atoms with Gasteiger partial charge >= 0.3 is 0 Å². The molecule has 0 bridgehead atoms. The molecule has 3 nitrogen and oxygen atoms in total. The third kappa shape index (κ3) is 4.32. The topological polar surface area (TPSA) is 29.9 Å². The standard InChI is InChI=1S/C17H24ClN3/c1-4-10-19-17(8-7-15-9-11-20-21(15)3)14-6-5-13(2)16(18)12-14/h5-6,9,11-12,17,19H,4,7-8,10H2,1-3H3. The van der Waals surface area contributed by atoms with Crippen molar-refractivity contribution >= 4 is 11.6 Å². The summed E-state index contributed by atoms with van der Waals surface area (Å²) in [6.45, 7) is 5.24. The fraction of sp³-hybridized carbons (Fsp3) is 0.471. The van der Waals surface area contributed by atoms with Crippen molar-refractivity contribution in [3.8, 4) is 0 Å². The van der Waals surface area contributed by atoms with Crippen LogP contribution in [0.3, 0.4) is 0 Å². The van der Waals surface area contributed by atoms with E-state index in [1.54, 1.807) is 0 Å². The van der Waals surface area contributed by atoms with E-state index in [0.29, 0.717) is 6.04 Å². The van der Waals surface area contributed by atoms with Crippen molar-refractivity contribution in [3.05, 3.63) is 52.3 Å². The molecule has 1 aromatic carbocycles. The van der Waals surface area contributed by atoms with E-state index in [0.717, 1.165) is 36.4 Å². The second kappa shape index (κ2) is 7.62. The monoisotopic (exact) mass is 305 g/mol. The average Bonchev–Trinajstić information content (AvgIpc) is 2.88. The molecular weight excluding hydrogens is 282 g/mol. The van der Waals surface area contributed by atoms with Gasteiger partial charge in [-0.1, -0.05) is 30.7 Å². The Morgan fingerprint density at radius 3 is 2.76 bits per heavy atom. The lowest BCUT2D eigenvalue weighted by molar-refractivity contribution is 0.491. The van der Waals surface area contributed by atoms with E-state index in [2.05, 4.69) is 41.6 Å². The van der Waals surface area contributed by atoms with Crippen molar-refractivity contribution in [2.75, 3.05) is 6.54 Å². The molecule has 0 fully saturated rings. The molecule has 21 heavy (non-hydrogen) atoms. The van der Waals surface area contributed by atoms with Gasteiger partial charge in [-0.05, 0) is 56.0 Å². The highest BCUT2D eigenvalue weighted by Crippen LogP contribution is 2.24. The van der Waals surface area contributed by atoms with E-state index < -0.39 is 0 Å². The molecule has 0 spiro atoms. The molecule has 4 heteroatoms. The van der Waals surface area contributed by atoms with Crippen LogP contribution in [0.4, 0.5) is 0 Å². The number of hydrogen-bond acceptors (Lipinski definition) is 2. The van der Waals surface area contributed by atoms with E-state index in [4.69, 9.17) is 11.6 Å². The Bertz CT molecular complexity index is 577. The molecule has 0 radical (unpaired) electrons. The fourth-order valence-corrected chi connectivity index (χ4v) is 2.66. The second-order valence-corrected chi connectivity index (χ2v) is 5.91. The first-order valence-corrected chi connectivity index (χ1v) is 7.96. The minimum atomic E-state index is 0.331. The molecule has 0 amide bonds. The maximum atomic E-state index is 6.27. The van der Waals surface area contributed by atoms with Gasteiger partial charge < -0.3 is 5.32 Å². The summed E-state index contributed by atoms with van der Waals surface area (Å²) in [5.74, 6) is 0. The van der Waals surface area contributed by atoms with Crippen LogP contribution in [-0.4, -0.2) is 16.3 Å². The molecule has 1 aromatic heterocycles. The van der Waals surface area contributed by atoms with Crippen molar-refractivity contribution in [2.45, 2.75) is 39.2 Å². The van der Waals surface area contributed by atoms with E-state index in [-0.39, 0.29) is 0 Å². The number of nitrogens with zero attached hydrogens (tertiary/aromatic N) is 2. The van der Waals surface area contributed by atoms with Crippen molar-refractivity contribution in [1.29, 1.82) is 0 Å². The molecule has 1 unspecified atom stereocenters. The maximum absolute atomic E-state index is 6.27. The molecule has 1 N–H and O–H groups in total. The lowest BCUT2D eigenvalue weighted by Crippen LogP contribution is -2.23. The van der Waals surface area contributed by atoms with Gasteiger partial charge in [0, 0.05) is 30.0 Å². The number of nitrogens with one attached hydrogen (secondary N) is 1. The maximum Gasteiger partial charge on any atom is 0.0492 e. The molecule has 0 aliphatic carbocycles. The van der Waals surface area contributed by atoms with Crippen LogP contribution in [0.15, 0.2) is 30.5 Å². The SMILES string of the molecule is CCCNC(CCc1ccnn1C)c1ccc(C)c(Cl)c1. The normalized spacial score (nSPS) is 12.6. The van der Waals surface area contributed by atoms with Crippen LogP contribution in [0.2, 0.25) is 5.02 Å². The summed E-state index contributed by atoms with van der Waals surface area (Å²) in [5, 5.41) is 8.70. The summed E-state index contributed by atoms with van der Waals surface area (Å²) >= 11 is 6.27. The van der Waals surface area contributed by atoms with Gasteiger partial charge in [0.1, 0.15) is 0 Å². The summed E-state index contributed by atoms with van der Waals surface area (Å²) in [4.78, 5) is 0. The van der Waals surface area contributed by atoms with Gasteiger partial charge in [-0.15, -0.1) is 0 Å². The van der Waals surface area contributed by atoms with Gasteiger partial charge in [0.2, 0.25) is 0 Å². The van der Waals surface area contributed by atoms with Gasteiger partial charge in [-0.2, -0.15) is 5.10 Å². The summed E-state index contributed by atoms with van der Waals surface area (Å²) in [7, 11) is 1.99. The summed E-state index contributed by atoms with van der Waals surface area (Å²) in [6.07, 6.45) is 5.02. The first-order valence-electron chi connectivity index (χ1n) is 7.58. The zero-order valence-electron chi connectivity index (χ0n) is 13.1. The number of hydrogen-bond donors (Lipinski definition) is 1. The predicted octanol–water partition coefficient (Wildman–Crippen LogP) is 4.06. The third-order valence-corrected chi connectivity index (χ3v) is 4.26. The Labute approximate surface area is 132 Å². The third-order valence-electron chi connectivity index (χ3n) is 3.85. The lowest BCUT2D eigenvalue weighted by atomic mass is 9.99. The van der Waals surface area contributed by atoms with Crippen LogP contribution in [0.1, 0.15) is 42.6 Å². The van der Waals surface area contributed by atoms with Crippen molar-refractivity contribution < 1.29 is 0 Å². The molecule has 2 aromatic rings. The predicted molar refractivity (Wildman–Crippen MR) is 88.8 cm³/mol. The van der Waals surface area contributed by atoms with Gasteiger partial charge in [0.25, 0.3) is 0 Å². The van der Waals surface area contributed by atoms with E-state index in [1.165, 1.54) is 11.3 Å². The van der Waals surface area contributed by atoms with Crippen molar-refractivity contribution in [1.82, 2.24) is 15.1 Å². The minimum Gasteiger partial charge on any atom is -0.310 e. The smallest absolute Gasteiger partial charge is 0.0492 e. The van der Waals surface area contributed by atoms with Crippen LogP contribution in [0, 0.1) is 6.92 Å². The highest BCUT2D eigenvalue weighted by molar-refractivity contribution is 6.31. The summed E-state index contributed by atoms with van der Waals surface area (Å²) in [6, 6.07) is 8.78. The fourth-order valence-electron chi connectivity index (χ4n) is 2.47. The Balaban J connectivity index is 2.09. The molecule has 1 heterocycles. The second-order valence-electron chi connectivity index (χ2n) is 5.50. The van der Waals surface area contributed by atoms with Gasteiger partial charge in [-0.25, -0.2) is 0 Å².